The van der Waals surface area contributed by atoms with Crippen molar-refractivity contribution in [2.24, 2.45) is 0 Å². The van der Waals surface area contributed by atoms with Gasteiger partial charge in [-0.3, -0.25) is 0 Å². The third-order valence-corrected chi connectivity index (χ3v) is 4.13. The highest BCUT2D eigenvalue weighted by Crippen LogP contribution is 2.32. The molecule has 6 nitrogen and oxygen atoms in total. The number of nitrogens with one attached hydrogen (secondary N) is 1. The molecule has 0 unspecified atom stereocenters. The van der Waals surface area contributed by atoms with Gasteiger partial charge in [-0.1, -0.05) is 22.8 Å². The molecule has 0 aliphatic rings. The average molecular weight is 396 g/mol. The fourth-order valence-electron chi connectivity index (χ4n) is 2.32. The standard InChI is InChI=1S/C18H16ClF2N3O3/c1-10-3-5-12(8-13(10)19)22-9-16-23-17(24-27-16)11-4-6-14(26-18(20)21)15(7-11)25-2/h3-8,18,22H,9H2,1-2H3. The lowest BCUT2D eigenvalue weighted by atomic mass is 10.2. The lowest BCUT2D eigenvalue weighted by Gasteiger charge is -2.10. The molecule has 0 aliphatic carbocycles. The highest BCUT2D eigenvalue weighted by atomic mass is 35.5. The van der Waals surface area contributed by atoms with E-state index in [2.05, 4.69) is 20.2 Å². The monoisotopic (exact) mass is 395 g/mol. The number of hydrogen-bond acceptors (Lipinski definition) is 6. The van der Waals surface area contributed by atoms with E-state index in [4.69, 9.17) is 20.9 Å². The first-order valence-corrected chi connectivity index (χ1v) is 8.30. The van der Waals surface area contributed by atoms with Crippen LogP contribution in [0.15, 0.2) is 40.9 Å². The number of benzene rings is 2. The van der Waals surface area contributed by atoms with Crippen LogP contribution in [0.1, 0.15) is 11.5 Å². The number of nitrogens with zero attached hydrogens (tertiary/aromatic N) is 2. The van der Waals surface area contributed by atoms with Crippen LogP contribution in [0.25, 0.3) is 11.4 Å². The highest BCUT2D eigenvalue weighted by molar-refractivity contribution is 6.31. The maximum Gasteiger partial charge on any atom is 0.387 e. The van der Waals surface area contributed by atoms with E-state index in [-0.39, 0.29) is 11.5 Å². The predicted molar refractivity (Wildman–Crippen MR) is 96.4 cm³/mol. The molecule has 142 valence electrons. The number of halogens is 3. The number of aryl methyl sites for hydroxylation is 1. The van der Waals surface area contributed by atoms with Gasteiger partial charge in [-0.2, -0.15) is 13.8 Å². The molecule has 1 aromatic heterocycles. The topological polar surface area (TPSA) is 69.4 Å². The van der Waals surface area contributed by atoms with Crippen molar-refractivity contribution >= 4 is 17.3 Å². The molecule has 9 heteroatoms. The van der Waals surface area contributed by atoms with E-state index in [9.17, 15) is 8.78 Å². The first kappa shape index (κ1) is 18.9. The van der Waals surface area contributed by atoms with Gasteiger partial charge in [0.05, 0.1) is 13.7 Å². The summed E-state index contributed by atoms with van der Waals surface area (Å²) in [4.78, 5) is 4.28. The lowest BCUT2D eigenvalue weighted by Crippen LogP contribution is -2.03. The zero-order valence-electron chi connectivity index (χ0n) is 14.5. The largest absolute Gasteiger partial charge is 0.493 e. The normalized spacial score (nSPS) is 10.9. The van der Waals surface area contributed by atoms with Crippen LogP contribution in [-0.4, -0.2) is 23.9 Å². The minimum Gasteiger partial charge on any atom is -0.493 e. The van der Waals surface area contributed by atoms with E-state index >= 15 is 0 Å². The average Bonchev–Trinajstić information content (AvgIpc) is 3.11. The quantitative estimate of drug-likeness (QED) is 0.612. The minimum atomic E-state index is -2.94. The molecule has 3 rings (SSSR count). The molecular formula is C18H16ClF2N3O3. The Hall–Kier alpha value is -2.87. The Bertz CT molecular complexity index is 934. The maximum absolute atomic E-state index is 12.4. The maximum atomic E-state index is 12.4. The third kappa shape index (κ3) is 4.65. The van der Waals surface area contributed by atoms with Gasteiger partial charge in [0.2, 0.25) is 11.7 Å². The zero-order valence-corrected chi connectivity index (χ0v) is 15.3. The summed E-state index contributed by atoms with van der Waals surface area (Å²) in [6.07, 6.45) is 0. The SMILES string of the molecule is COc1cc(-c2noc(CNc3ccc(C)c(Cl)c3)n2)ccc1OC(F)F. The Morgan fingerprint density at radius 1 is 1.19 bits per heavy atom. The smallest absolute Gasteiger partial charge is 0.387 e. The number of methoxy groups -OCH3 is 1. The molecule has 27 heavy (non-hydrogen) atoms. The van der Waals surface area contributed by atoms with Crippen molar-refractivity contribution in [3.8, 4) is 22.9 Å². The summed E-state index contributed by atoms with van der Waals surface area (Å²) in [6, 6.07) is 10.0. The van der Waals surface area contributed by atoms with Crippen LogP contribution in [0.3, 0.4) is 0 Å². The van der Waals surface area contributed by atoms with Crippen molar-refractivity contribution in [3.05, 3.63) is 52.9 Å². The second-order valence-electron chi connectivity index (χ2n) is 5.57. The van der Waals surface area contributed by atoms with Crippen LogP contribution in [0, 0.1) is 6.92 Å². The molecule has 0 saturated carbocycles. The van der Waals surface area contributed by atoms with Gasteiger partial charge in [-0.25, -0.2) is 0 Å². The van der Waals surface area contributed by atoms with Gasteiger partial charge in [0.25, 0.3) is 0 Å². The van der Waals surface area contributed by atoms with E-state index in [1.54, 1.807) is 12.1 Å². The molecule has 0 fully saturated rings. The van der Waals surface area contributed by atoms with Crippen LogP contribution in [0.5, 0.6) is 11.5 Å². The minimum absolute atomic E-state index is 0.0714. The van der Waals surface area contributed by atoms with Crippen LogP contribution in [-0.2, 0) is 6.54 Å². The van der Waals surface area contributed by atoms with Gasteiger partial charge in [-0.15, -0.1) is 0 Å². The van der Waals surface area contributed by atoms with E-state index in [1.807, 2.05) is 19.1 Å². The summed E-state index contributed by atoms with van der Waals surface area (Å²) in [6.45, 7) is -0.721. The Kier molecular flexibility index (Phi) is 5.75. The van der Waals surface area contributed by atoms with Gasteiger partial charge in [0, 0.05) is 16.3 Å². The van der Waals surface area contributed by atoms with Crippen molar-refractivity contribution < 1.29 is 22.8 Å². The molecular weight excluding hydrogens is 380 g/mol. The predicted octanol–water partition coefficient (Wildman–Crippen LogP) is 4.92. The Balaban J connectivity index is 1.72. The Morgan fingerprint density at radius 3 is 2.70 bits per heavy atom. The van der Waals surface area contributed by atoms with Gasteiger partial charge in [-0.05, 0) is 42.8 Å². The van der Waals surface area contributed by atoms with Crippen molar-refractivity contribution in [1.82, 2.24) is 10.1 Å². The van der Waals surface area contributed by atoms with Gasteiger partial charge in [0.15, 0.2) is 11.5 Å². The first-order chi connectivity index (χ1) is 13.0. The molecule has 0 saturated heterocycles. The molecule has 1 N–H and O–H groups in total. The number of alkyl halides is 2. The first-order valence-electron chi connectivity index (χ1n) is 7.92. The second kappa shape index (κ2) is 8.22. The van der Waals surface area contributed by atoms with Gasteiger partial charge in [0.1, 0.15) is 0 Å². The molecule has 0 radical (unpaired) electrons. The lowest BCUT2D eigenvalue weighted by molar-refractivity contribution is -0.0512. The van der Waals surface area contributed by atoms with E-state index in [0.29, 0.717) is 28.8 Å². The van der Waals surface area contributed by atoms with Crippen molar-refractivity contribution in [1.29, 1.82) is 0 Å². The fourth-order valence-corrected chi connectivity index (χ4v) is 2.50. The number of rotatable bonds is 7. The van der Waals surface area contributed by atoms with E-state index in [0.717, 1.165) is 11.3 Å². The highest BCUT2D eigenvalue weighted by Gasteiger charge is 2.15. The number of aromatic nitrogens is 2. The van der Waals surface area contributed by atoms with Crippen LogP contribution < -0.4 is 14.8 Å². The number of hydrogen-bond donors (Lipinski definition) is 1. The van der Waals surface area contributed by atoms with Crippen molar-refractivity contribution in [2.45, 2.75) is 20.1 Å². The zero-order chi connectivity index (χ0) is 19.4. The molecule has 1 heterocycles. The van der Waals surface area contributed by atoms with Crippen molar-refractivity contribution in [2.75, 3.05) is 12.4 Å². The second-order valence-corrected chi connectivity index (χ2v) is 5.98. The molecule has 2 aromatic carbocycles. The third-order valence-electron chi connectivity index (χ3n) is 3.72. The van der Waals surface area contributed by atoms with E-state index < -0.39 is 6.61 Å². The molecule has 0 spiro atoms. The summed E-state index contributed by atoms with van der Waals surface area (Å²) in [5, 5.41) is 7.69. The van der Waals surface area contributed by atoms with Crippen molar-refractivity contribution in [3.63, 3.8) is 0 Å². The summed E-state index contributed by atoms with van der Waals surface area (Å²) in [5.41, 5.74) is 2.35. The number of ether oxygens (including phenoxy) is 2. The molecule has 0 aliphatic heterocycles. The van der Waals surface area contributed by atoms with Crippen LogP contribution in [0.4, 0.5) is 14.5 Å². The molecule has 3 aromatic rings. The molecule has 0 amide bonds. The Labute approximate surface area is 159 Å². The number of anilines is 1. The van der Waals surface area contributed by atoms with Gasteiger partial charge < -0.3 is 19.3 Å². The fraction of sp³-hybridized carbons (Fsp3) is 0.222. The van der Waals surface area contributed by atoms with Crippen LogP contribution >= 0.6 is 11.6 Å². The summed E-state index contributed by atoms with van der Waals surface area (Å²) >= 11 is 6.09. The summed E-state index contributed by atoms with van der Waals surface area (Å²) < 4.78 is 39.5. The van der Waals surface area contributed by atoms with Crippen LogP contribution in [0.2, 0.25) is 5.02 Å². The van der Waals surface area contributed by atoms with E-state index in [1.165, 1.54) is 19.2 Å². The summed E-state index contributed by atoms with van der Waals surface area (Å²) in [7, 11) is 1.36. The Morgan fingerprint density at radius 2 is 2.00 bits per heavy atom. The molecule has 0 bridgehead atoms. The van der Waals surface area contributed by atoms with Gasteiger partial charge >= 0.3 is 6.61 Å². The summed E-state index contributed by atoms with van der Waals surface area (Å²) in [5.74, 6) is 0.730. The molecule has 0 atom stereocenters.